The van der Waals surface area contributed by atoms with Gasteiger partial charge in [0.05, 0.1) is 0 Å². The van der Waals surface area contributed by atoms with Gasteiger partial charge in [-0.25, -0.2) is 9.18 Å². The van der Waals surface area contributed by atoms with Crippen molar-refractivity contribution in [2.45, 2.75) is 20.4 Å². The summed E-state index contributed by atoms with van der Waals surface area (Å²) in [6.45, 7) is 3.07. The lowest BCUT2D eigenvalue weighted by Gasteiger charge is -2.18. The molecule has 1 N–H and O–H groups in total. The highest BCUT2D eigenvalue weighted by Crippen LogP contribution is 2.11. The summed E-state index contributed by atoms with van der Waals surface area (Å²) in [7, 11) is 1.55. The number of hydrogen-bond donors (Lipinski definition) is 1. The third-order valence-electron chi connectivity index (χ3n) is 2.86. The second-order valence-corrected chi connectivity index (χ2v) is 4.35. The molecule has 0 saturated heterocycles. The van der Waals surface area contributed by atoms with E-state index in [-0.39, 0.29) is 29.4 Å². The molecule has 4 nitrogen and oxygen atoms in total. The van der Waals surface area contributed by atoms with E-state index in [2.05, 4.69) is 0 Å². The maximum Gasteiger partial charge on any atom is 0.331 e. The largest absolute Gasteiger partial charge is 0.478 e. The minimum Gasteiger partial charge on any atom is -0.478 e. The molecule has 0 unspecified atom stereocenters. The van der Waals surface area contributed by atoms with Crippen molar-refractivity contribution in [3.05, 3.63) is 46.8 Å². The highest BCUT2D eigenvalue weighted by molar-refractivity contribution is 6.01. The van der Waals surface area contributed by atoms with Crippen LogP contribution in [0.25, 0.3) is 0 Å². The van der Waals surface area contributed by atoms with Crippen LogP contribution in [0.15, 0.2) is 35.4 Å². The van der Waals surface area contributed by atoms with Gasteiger partial charge in [-0.2, -0.15) is 0 Å². The maximum atomic E-state index is 13.0. The van der Waals surface area contributed by atoms with Crippen LogP contribution in [-0.2, 0) is 16.1 Å². The van der Waals surface area contributed by atoms with Gasteiger partial charge in [0.15, 0.2) is 0 Å². The predicted octanol–water partition coefficient (Wildman–Crippen LogP) is 2.21. The molecule has 0 radical (unpaired) electrons. The standard InChI is InChI=1S/C14H16FNO3/c1-9(10(2)14(18)19)13(17)16(3)8-11-5-4-6-12(15)7-11/h4-7H,8H2,1-3H3,(H,18,19). The normalized spacial score (nSPS) is 11.8. The molecule has 102 valence electrons. The summed E-state index contributed by atoms with van der Waals surface area (Å²) in [6, 6.07) is 5.93. The van der Waals surface area contributed by atoms with E-state index in [4.69, 9.17) is 5.11 Å². The highest BCUT2D eigenvalue weighted by Gasteiger charge is 2.16. The predicted molar refractivity (Wildman–Crippen MR) is 68.9 cm³/mol. The average Bonchev–Trinajstić information content (AvgIpc) is 2.35. The molecule has 0 aliphatic rings. The summed E-state index contributed by atoms with van der Waals surface area (Å²) in [5.74, 6) is -1.87. The number of carboxylic acids is 1. The number of amides is 1. The molecule has 0 fully saturated rings. The molecule has 0 aromatic heterocycles. The van der Waals surface area contributed by atoms with Gasteiger partial charge in [0, 0.05) is 24.7 Å². The molecule has 5 heteroatoms. The van der Waals surface area contributed by atoms with E-state index >= 15 is 0 Å². The van der Waals surface area contributed by atoms with E-state index in [1.807, 2.05) is 0 Å². The Kier molecular flexibility index (Phi) is 4.80. The Morgan fingerprint density at radius 2 is 1.89 bits per heavy atom. The second kappa shape index (κ2) is 6.13. The lowest BCUT2D eigenvalue weighted by molar-refractivity contribution is -0.133. The highest BCUT2D eigenvalue weighted by atomic mass is 19.1. The lowest BCUT2D eigenvalue weighted by atomic mass is 10.1. The fraction of sp³-hybridized carbons (Fsp3) is 0.286. The number of carbonyl (C=O) groups is 2. The SMILES string of the molecule is CC(C(=O)O)=C(C)C(=O)N(C)Cc1cccc(F)c1. The van der Waals surface area contributed by atoms with Crippen LogP contribution < -0.4 is 0 Å². The minimum atomic E-state index is -1.12. The number of carboxylic acid groups (broad SMARTS) is 1. The van der Waals surface area contributed by atoms with E-state index in [1.54, 1.807) is 19.2 Å². The van der Waals surface area contributed by atoms with Crippen LogP contribution in [0.1, 0.15) is 19.4 Å². The van der Waals surface area contributed by atoms with Gasteiger partial charge in [-0.1, -0.05) is 12.1 Å². The summed E-state index contributed by atoms with van der Waals surface area (Å²) in [5.41, 5.74) is 0.833. The Morgan fingerprint density at radius 1 is 1.26 bits per heavy atom. The molecule has 0 heterocycles. The van der Waals surface area contributed by atoms with Crippen LogP contribution in [0.3, 0.4) is 0 Å². The third kappa shape index (κ3) is 3.91. The Morgan fingerprint density at radius 3 is 2.42 bits per heavy atom. The number of aliphatic carboxylic acids is 1. The molecule has 1 amide bonds. The molecule has 19 heavy (non-hydrogen) atoms. The monoisotopic (exact) mass is 265 g/mol. The number of halogens is 1. The zero-order valence-corrected chi connectivity index (χ0v) is 11.1. The first kappa shape index (κ1) is 14.9. The van der Waals surface area contributed by atoms with Crippen molar-refractivity contribution >= 4 is 11.9 Å². The van der Waals surface area contributed by atoms with Gasteiger partial charge in [-0.05, 0) is 31.5 Å². The second-order valence-electron chi connectivity index (χ2n) is 4.35. The molecule has 1 aromatic rings. The summed E-state index contributed by atoms with van der Waals surface area (Å²) < 4.78 is 13.0. The summed E-state index contributed by atoms with van der Waals surface area (Å²) in [6.07, 6.45) is 0. The van der Waals surface area contributed by atoms with Crippen molar-refractivity contribution in [1.82, 2.24) is 4.90 Å². The molecular weight excluding hydrogens is 249 g/mol. The van der Waals surface area contributed by atoms with E-state index in [9.17, 15) is 14.0 Å². The molecule has 0 aliphatic heterocycles. The van der Waals surface area contributed by atoms with Crippen LogP contribution >= 0.6 is 0 Å². The summed E-state index contributed by atoms with van der Waals surface area (Å²) >= 11 is 0. The van der Waals surface area contributed by atoms with Crippen LogP contribution in [0.2, 0.25) is 0 Å². The van der Waals surface area contributed by atoms with Crippen molar-refractivity contribution in [1.29, 1.82) is 0 Å². The first-order valence-corrected chi connectivity index (χ1v) is 5.73. The zero-order valence-electron chi connectivity index (χ0n) is 11.1. The molecule has 1 rings (SSSR count). The van der Waals surface area contributed by atoms with Crippen LogP contribution in [0.5, 0.6) is 0 Å². The Labute approximate surface area is 111 Å². The first-order valence-electron chi connectivity index (χ1n) is 5.73. The molecule has 1 aromatic carbocycles. The summed E-state index contributed by atoms with van der Waals surface area (Å²) in [4.78, 5) is 24.1. The van der Waals surface area contributed by atoms with E-state index in [0.717, 1.165) is 0 Å². The number of rotatable bonds is 4. The van der Waals surface area contributed by atoms with E-state index in [1.165, 1.54) is 30.9 Å². The van der Waals surface area contributed by atoms with Crippen LogP contribution in [0, 0.1) is 5.82 Å². The van der Waals surface area contributed by atoms with Gasteiger partial charge in [0.1, 0.15) is 5.82 Å². The number of carbonyl (C=O) groups excluding carboxylic acids is 1. The number of hydrogen-bond acceptors (Lipinski definition) is 2. The molecule has 0 saturated carbocycles. The van der Waals surface area contributed by atoms with Gasteiger partial charge in [0.2, 0.25) is 5.91 Å². The Hall–Kier alpha value is -2.17. The van der Waals surface area contributed by atoms with Gasteiger partial charge in [-0.3, -0.25) is 4.79 Å². The summed E-state index contributed by atoms with van der Waals surface area (Å²) in [5, 5.41) is 8.83. The van der Waals surface area contributed by atoms with Crippen LogP contribution in [0.4, 0.5) is 4.39 Å². The number of benzene rings is 1. The van der Waals surface area contributed by atoms with E-state index < -0.39 is 5.97 Å². The number of nitrogens with zero attached hydrogens (tertiary/aromatic N) is 1. The topological polar surface area (TPSA) is 57.6 Å². The zero-order chi connectivity index (χ0) is 14.6. The molecule has 0 atom stereocenters. The first-order chi connectivity index (χ1) is 8.82. The van der Waals surface area contributed by atoms with Crippen molar-refractivity contribution in [3.63, 3.8) is 0 Å². The van der Waals surface area contributed by atoms with Crippen LogP contribution in [-0.4, -0.2) is 28.9 Å². The van der Waals surface area contributed by atoms with Crippen molar-refractivity contribution < 1.29 is 19.1 Å². The fourth-order valence-electron chi connectivity index (χ4n) is 1.59. The van der Waals surface area contributed by atoms with Gasteiger partial charge < -0.3 is 10.0 Å². The van der Waals surface area contributed by atoms with E-state index in [0.29, 0.717) is 5.56 Å². The molecule has 0 aliphatic carbocycles. The third-order valence-corrected chi connectivity index (χ3v) is 2.86. The van der Waals surface area contributed by atoms with Gasteiger partial charge in [-0.15, -0.1) is 0 Å². The van der Waals surface area contributed by atoms with Crippen molar-refractivity contribution in [3.8, 4) is 0 Å². The molecular formula is C14H16FNO3. The van der Waals surface area contributed by atoms with Crippen molar-refractivity contribution in [2.24, 2.45) is 0 Å². The Balaban J connectivity index is 2.84. The fourth-order valence-corrected chi connectivity index (χ4v) is 1.59. The van der Waals surface area contributed by atoms with Crippen molar-refractivity contribution in [2.75, 3.05) is 7.05 Å². The maximum absolute atomic E-state index is 13.0. The molecule has 0 spiro atoms. The molecule has 0 bridgehead atoms. The van der Waals surface area contributed by atoms with Gasteiger partial charge in [0.25, 0.3) is 0 Å². The smallest absolute Gasteiger partial charge is 0.331 e. The average molecular weight is 265 g/mol. The van der Waals surface area contributed by atoms with Gasteiger partial charge >= 0.3 is 5.97 Å². The lowest BCUT2D eigenvalue weighted by Crippen LogP contribution is -2.28. The quantitative estimate of drug-likeness (QED) is 0.849. The Bertz CT molecular complexity index is 537. The number of likely N-dealkylation sites (N-methyl/N-ethyl adjacent to an activating group) is 1. The minimum absolute atomic E-state index is 0.0103.